The van der Waals surface area contributed by atoms with Crippen LogP contribution in [-0.2, 0) is 0 Å². The van der Waals surface area contributed by atoms with Crippen molar-refractivity contribution in [2.45, 2.75) is 0 Å². The number of anilines is 10. The Morgan fingerprint density at radius 2 is 0.915 bits per heavy atom. The molecule has 2 heterocycles. The van der Waals surface area contributed by atoms with Crippen molar-refractivity contribution >= 4 is 80.0 Å². The van der Waals surface area contributed by atoms with Gasteiger partial charge < -0.3 is 20.4 Å². The molecule has 222 valence electrons. The smallest absolute Gasteiger partial charge is 0.252 e. The molecule has 2 aliphatic heterocycles. The zero-order valence-corrected chi connectivity index (χ0v) is 25.7. The molecule has 2 aliphatic rings. The van der Waals surface area contributed by atoms with Crippen molar-refractivity contribution in [3.8, 4) is 0 Å². The fourth-order valence-electron chi connectivity index (χ4n) is 7.37. The summed E-state index contributed by atoms with van der Waals surface area (Å²) in [6.45, 7) is 0.0633. The van der Waals surface area contributed by atoms with E-state index in [1.54, 1.807) is 0 Å². The lowest BCUT2D eigenvalue weighted by Crippen LogP contribution is -2.61. The highest BCUT2D eigenvalue weighted by atomic mass is 15.2. The molecule has 9 rings (SSSR count). The van der Waals surface area contributed by atoms with Gasteiger partial charge >= 0.3 is 0 Å². The number of benzene rings is 7. The van der Waals surface area contributed by atoms with Crippen molar-refractivity contribution < 1.29 is 0 Å². The molecule has 5 heteroatoms. The molecule has 2 N–H and O–H groups in total. The predicted octanol–water partition coefficient (Wildman–Crippen LogP) is 8.82. The summed E-state index contributed by atoms with van der Waals surface area (Å²) < 4.78 is 0. The van der Waals surface area contributed by atoms with Crippen LogP contribution in [0.2, 0.25) is 0 Å². The minimum atomic E-state index is 0.0633. The first-order valence-electron chi connectivity index (χ1n) is 16.0. The third kappa shape index (κ3) is 4.39. The Morgan fingerprint density at radius 1 is 0.404 bits per heavy atom. The normalized spacial score (nSPS) is 12.6. The summed E-state index contributed by atoms with van der Waals surface area (Å²) in [5.74, 6) is 0. The highest BCUT2D eigenvalue weighted by Crippen LogP contribution is 2.45. The molecular weight excluding hydrogens is 571 g/mol. The number of fused-ring (bicyclic) bond motifs is 4. The van der Waals surface area contributed by atoms with E-state index in [1.165, 1.54) is 33.5 Å². The van der Waals surface area contributed by atoms with E-state index in [0.717, 1.165) is 39.8 Å². The average Bonchev–Trinajstić information content (AvgIpc) is 3.13. The van der Waals surface area contributed by atoms with Crippen molar-refractivity contribution in [3.05, 3.63) is 176 Å². The van der Waals surface area contributed by atoms with E-state index in [1.807, 2.05) is 12.1 Å². The third-order valence-corrected chi connectivity index (χ3v) is 9.34. The number of nitrogens with zero attached hydrogens (tertiary/aromatic N) is 3. The van der Waals surface area contributed by atoms with Crippen molar-refractivity contribution in [3.63, 3.8) is 0 Å². The minimum Gasteiger partial charge on any atom is -0.399 e. The van der Waals surface area contributed by atoms with Gasteiger partial charge in [0, 0.05) is 56.9 Å². The maximum absolute atomic E-state index is 6.22. The number of hydrogen-bond acceptors (Lipinski definition) is 4. The first-order valence-corrected chi connectivity index (χ1v) is 16.0. The Labute approximate surface area is 275 Å². The quantitative estimate of drug-likeness (QED) is 0.158. The van der Waals surface area contributed by atoms with Crippen LogP contribution >= 0.6 is 0 Å². The molecule has 0 radical (unpaired) electrons. The number of nitrogens with two attached hydrogens (primary N) is 1. The lowest BCUT2D eigenvalue weighted by Gasteiger charge is -2.44. The van der Waals surface area contributed by atoms with Gasteiger partial charge in [0.2, 0.25) is 0 Å². The van der Waals surface area contributed by atoms with E-state index >= 15 is 0 Å². The number of nitrogen functional groups attached to an aromatic ring is 1. The SMILES string of the molecule is Nc1ccc(N2c3cc(N(c4ccccc4)c4ccccc4)ccc3B3c4ccccc4N(c4ccccc4)c4cccc2c43)cc1. The first kappa shape index (κ1) is 27.1. The van der Waals surface area contributed by atoms with Crippen LogP contribution in [-0.4, -0.2) is 6.71 Å². The Bertz CT molecular complexity index is 2180. The number of para-hydroxylation sites is 4. The van der Waals surface area contributed by atoms with Gasteiger partial charge in [-0.2, -0.15) is 0 Å². The van der Waals surface area contributed by atoms with Crippen LogP contribution in [0.3, 0.4) is 0 Å². The molecular formula is C42H31BN4. The predicted molar refractivity (Wildman–Crippen MR) is 200 cm³/mol. The fourth-order valence-corrected chi connectivity index (χ4v) is 7.37. The van der Waals surface area contributed by atoms with Gasteiger partial charge in [0.15, 0.2) is 0 Å². The monoisotopic (exact) mass is 602 g/mol. The number of hydrogen-bond donors (Lipinski definition) is 1. The molecule has 7 aromatic carbocycles. The van der Waals surface area contributed by atoms with Crippen LogP contribution in [0.4, 0.5) is 56.9 Å². The molecule has 0 aliphatic carbocycles. The van der Waals surface area contributed by atoms with Gasteiger partial charge in [-0.15, -0.1) is 0 Å². The van der Waals surface area contributed by atoms with Crippen LogP contribution in [0, 0.1) is 0 Å². The van der Waals surface area contributed by atoms with Gasteiger partial charge in [0.25, 0.3) is 6.71 Å². The molecule has 0 unspecified atom stereocenters. The molecule has 4 nitrogen and oxygen atoms in total. The van der Waals surface area contributed by atoms with E-state index in [-0.39, 0.29) is 6.71 Å². The third-order valence-electron chi connectivity index (χ3n) is 9.34. The summed E-state index contributed by atoms with van der Waals surface area (Å²) in [6, 6.07) is 62.7. The second-order valence-corrected chi connectivity index (χ2v) is 12.0. The van der Waals surface area contributed by atoms with Crippen molar-refractivity contribution in [1.29, 1.82) is 0 Å². The van der Waals surface area contributed by atoms with E-state index < -0.39 is 0 Å². The van der Waals surface area contributed by atoms with Crippen molar-refractivity contribution in [2.24, 2.45) is 0 Å². The van der Waals surface area contributed by atoms with Crippen LogP contribution in [0.5, 0.6) is 0 Å². The maximum Gasteiger partial charge on any atom is 0.252 e. The van der Waals surface area contributed by atoms with Crippen LogP contribution < -0.4 is 36.8 Å². The molecule has 7 aromatic rings. The van der Waals surface area contributed by atoms with Gasteiger partial charge in [0.05, 0.1) is 0 Å². The minimum absolute atomic E-state index is 0.0633. The average molecular weight is 603 g/mol. The molecule has 0 aromatic heterocycles. The van der Waals surface area contributed by atoms with E-state index in [2.05, 4.69) is 178 Å². The summed E-state index contributed by atoms with van der Waals surface area (Å²) in [5.41, 5.74) is 21.1. The van der Waals surface area contributed by atoms with Crippen molar-refractivity contribution in [2.75, 3.05) is 20.4 Å². The summed E-state index contributed by atoms with van der Waals surface area (Å²) >= 11 is 0. The highest BCUT2D eigenvalue weighted by Gasteiger charge is 2.43. The van der Waals surface area contributed by atoms with Crippen LogP contribution in [0.25, 0.3) is 0 Å². The van der Waals surface area contributed by atoms with Crippen LogP contribution in [0.15, 0.2) is 176 Å². The van der Waals surface area contributed by atoms with Crippen molar-refractivity contribution in [1.82, 2.24) is 0 Å². The van der Waals surface area contributed by atoms with Gasteiger partial charge in [-0.25, -0.2) is 0 Å². The summed E-state index contributed by atoms with van der Waals surface area (Å²) in [7, 11) is 0. The topological polar surface area (TPSA) is 35.7 Å². The maximum atomic E-state index is 6.22. The van der Waals surface area contributed by atoms with E-state index in [9.17, 15) is 0 Å². The summed E-state index contributed by atoms with van der Waals surface area (Å²) in [6.07, 6.45) is 0. The second kappa shape index (κ2) is 11.0. The molecule has 0 saturated heterocycles. The first-order chi connectivity index (χ1) is 23.3. The zero-order chi connectivity index (χ0) is 31.3. The molecule has 0 saturated carbocycles. The Hall–Kier alpha value is -6.20. The summed E-state index contributed by atoms with van der Waals surface area (Å²) in [5, 5.41) is 0. The Kier molecular flexibility index (Phi) is 6.35. The molecule has 0 fully saturated rings. The lowest BCUT2D eigenvalue weighted by molar-refractivity contribution is 1.24. The zero-order valence-electron chi connectivity index (χ0n) is 25.7. The van der Waals surface area contributed by atoms with Gasteiger partial charge in [0.1, 0.15) is 0 Å². The molecule has 0 amide bonds. The number of rotatable bonds is 5. The fraction of sp³-hybridized carbons (Fsp3) is 0. The van der Waals surface area contributed by atoms with Gasteiger partial charge in [-0.3, -0.25) is 0 Å². The standard InChI is InChI=1S/C42H31BN4/c44-30-23-25-34(26-24-30)47-40-22-12-21-39-42(40)43(36-19-10-11-20-38(36)46(39)33-17-8-3-9-18-33)37-28-27-35(29-41(37)47)45(31-13-4-1-5-14-31)32-15-6-2-7-16-32/h1-29H,44H2. The van der Waals surface area contributed by atoms with Crippen LogP contribution in [0.1, 0.15) is 0 Å². The Balaban J connectivity index is 1.32. The molecule has 0 bridgehead atoms. The molecule has 47 heavy (non-hydrogen) atoms. The summed E-state index contributed by atoms with van der Waals surface area (Å²) in [4.78, 5) is 7.16. The van der Waals surface area contributed by atoms with Gasteiger partial charge in [-0.1, -0.05) is 84.9 Å². The Morgan fingerprint density at radius 3 is 1.57 bits per heavy atom. The molecule has 0 atom stereocenters. The largest absolute Gasteiger partial charge is 0.399 e. The second-order valence-electron chi connectivity index (χ2n) is 12.0. The molecule has 0 spiro atoms. The van der Waals surface area contributed by atoms with E-state index in [0.29, 0.717) is 0 Å². The van der Waals surface area contributed by atoms with Gasteiger partial charge in [-0.05, 0) is 107 Å². The van der Waals surface area contributed by atoms with E-state index in [4.69, 9.17) is 5.73 Å². The highest BCUT2D eigenvalue weighted by molar-refractivity contribution is 7.00. The lowest BCUT2D eigenvalue weighted by atomic mass is 9.33.